The lowest BCUT2D eigenvalue weighted by atomic mass is 9.86. The van der Waals surface area contributed by atoms with Gasteiger partial charge in [-0.2, -0.15) is 0 Å². The van der Waals surface area contributed by atoms with Crippen molar-refractivity contribution >= 4 is 14.3 Å². The van der Waals surface area contributed by atoms with Gasteiger partial charge in [-0.1, -0.05) is 70.4 Å². The van der Waals surface area contributed by atoms with Crippen LogP contribution in [0.25, 0.3) is 0 Å². The topological polar surface area (TPSA) is 58.6 Å². The Morgan fingerprint density at radius 2 is 1.33 bits per heavy atom. The summed E-state index contributed by atoms with van der Waals surface area (Å²) in [5.41, 5.74) is -1.16. The second-order valence-corrected chi connectivity index (χ2v) is 10.7. The minimum atomic E-state index is -1.46. The Morgan fingerprint density at radius 3 is 1.83 bits per heavy atom. The third-order valence-corrected chi connectivity index (χ3v) is 6.70. The van der Waals surface area contributed by atoms with Crippen molar-refractivity contribution in [2.24, 2.45) is 0 Å². The molecule has 5 heteroatoms. The molecule has 0 fully saturated rings. The van der Waals surface area contributed by atoms with Crippen LogP contribution in [0, 0.1) is 0 Å². The second kappa shape index (κ2) is 17.2. The highest BCUT2D eigenvalue weighted by Gasteiger charge is 2.40. The van der Waals surface area contributed by atoms with E-state index in [9.17, 15) is 9.69 Å². The zero-order valence-electron chi connectivity index (χ0n) is 20.8. The van der Waals surface area contributed by atoms with Crippen LogP contribution in [0.2, 0.25) is 0 Å². The maximum Gasteiger partial charge on any atom is 0.220 e. The molecule has 1 atom stereocenters. The zero-order valence-corrected chi connectivity index (χ0v) is 21.7. The van der Waals surface area contributed by atoms with E-state index in [1.807, 2.05) is 27.7 Å². The van der Waals surface area contributed by atoms with Crippen molar-refractivity contribution < 1.29 is 14.2 Å². The number of amides is 1. The summed E-state index contributed by atoms with van der Waals surface area (Å²) in [7, 11) is -1.46. The Labute approximate surface area is 188 Å². The molecule has 0 heterocycles. The van der Waals surface area contributed by atoms with Crippen molar-refractivity contribution in [2.75, 3.05) is 6.66 Å². The Bertz CT molecular complexity index is 461. The van der Waals surface area contributed by atoms with Crippen LogP contribution in [0.1, 0.15) is 125 Å². The predicted octanol–water partition coefficient (Wildman–Crippen LogP) is 7.65. The highest BCUT2D eigenvalue weighted by atomic mass is 31.2. The fourth-order valence-electron chi connectivity index (χ4n) is 3.36. The molecule has 30 heavy (non-hydrogen) atoms. The number of hydrogen-bond acceptors (Lipinski definition) is 3. The van der Waals surface area contributed by atoms with Gasteiger partial charge >= 0.3 is 0 Å². The van der Waals surface area contributed by atoms with Gasteiger partial charge in [0, 0.05) is 13.1 Å². The monoisotopic (exact) mass is 443 g/mol. The molecule has 0 bridgehead atoms. The molecular formula is C25H50NO3P. The van der Waals surface area contributed by atoms with Crippen molar-refractivity contribution in [1.82, 2.24) is 5.32 Å². The fraction of sp³-hybridized carbons (Fsp3) is 0.880. The highest BCUT2D eigenvalue weighted by molar-refractivity contribution is 7.45. The van der Waals surface area contributed by atoms with Crippen molar-refractivity contribution in [3.63, 3.8) is 0 Å². The largest absolute Gasteiger partial charge is 0.350 e. The molecule has 178 valence electrons. The van der Waals surface area contributed by atoms with E-state index >= 15 is 0 Å². The van der Waals surface area contributed by atoms with E-state index in [-0.39, 0.29) is 5.91 Å². The van der Waals surface area contributed by atoms with Crippen LogP contribution < -0.4 is 5.32 Å². The molecule has 0 saturated heterocycles. The normalized spacial score (nSPS) is 13.7. The average Bonchev–Trinajstić information content (AvgIpc) is 2.63. The van der Waals surface area contributed by atoms with E-state index in [1.165, 1.54) is 70.6 Å². The Morgan fingerprint density at radius 1 is 0.867 bits per heavy atom. The lowest BCUT2D eigenvalue weighted by Gasteiger charge is -2.42. The minimum absolute atomic E-state index is 0.0627. The minimum Gasteiger partial charge on any atom is -0.350 e. The van der Waals surface area contributed by atoms with Gasteiger partial charge in [-0.25, -0.2) is 0 Å². The quantitative estimate of drug-likeness (QED) is 0.122. The molecule has 1 amide bonds. The Balaban J connectivity index is 3.68. The fourth-order valence-corrected chi connectivity index (χ4v) is 4.25. The number of unbranched alkanes of at least 4 members (excludes halogenated alkanes) is 11. The first-order chi connectivity index (χ1) is 14.1. The third-order valence-electron chi connectivity index (χ3n) is 5.98. The van der Waals surface area contributed by atoms with Crippen molar-refractivity contribution in [3.05, 3.63) is 12.2 Å². The molecule has 0 aliphatic rings. The smallest absolute Gasteiger partial charge is 0.220 e. The van der Waals surface area contributed by atoms with Crippen molar-refractivity contribution in [1.29, 1.82) is 0 Å². The maximum atomic E-state index is 12.3. The summed E-state index contributed by atoms with van der Waals surface area (Å²) in [6.45, 7) is 11.6. The first-order valence-corrected chi connectivity index (χ1v) is 13.9. The lowest BCUT2D eigenvalue weighted by Crippen LogP contribution is -2.58. The van der Waals surface area contributed by atoms with Gasteiger partial charge in [0.1, 0.15) is 0 Å². The second-order valence-electron chi connectivity index (χ2n) is 9.57. The van der Waals surface area contributed by atoms with Crippen LogP contribution in [0.3, 0.4) is 0 Å². The predicted molar refractivity (Wildman–Crippen MR) is 132 cm³/mol. The van der Waals surface area contributed by atoms with Gasteiger partial charge in [-0.3, -0.25) is 4.79 Å². The van der Waals surface area contributed by atoms with Crippen LogP contribution in [0.5, 0.6) is 0 Å². The average molecular weight is 444 g/mol. The molecule has 0 aromatic carbocycles. The number of nitrogens with one attached hydrogen (secondary N) is 1. The Kier molecular flexibility index (Phi) is 16.9. The number of allylic oxidation sites excluding steroid dienone is 2. The Hall–Kier alpha value is -0.440. The zero-order chi connectivity index (χ0) is 22.9. The van der Waals surface area contributed by atoms with Gasteiger partial charge in [0.05, 0.1) is 11.1 Å². The summed E-state index contributed by atoms with van der Waals surface area (Å²) >= 11 is 0. The van der Waals surface area contributed by atoms with Gasteiger partial charge < -0.3 is 14.7 Å². The molecule has 0 aromatic heterocycles. The van der Waals surface area contributed by atoms with Crippen LogP contribution in [0.4, 0.5) is 0 Å². The summed E-state index contributed by atoms with van der Waals surface area (Å²) in [5, 5.41) is 3.08. The number of hydrogen-bond donors (Lipinski definition) is 2. The van der Waals surface area contributed by atoms with Crippen LogP contribution in [0.15, 0.2) is 12.2 Å². The van der Waals surface area contributed by atoms with Crippen LogP contribution in [-0.4, -0.2) is 28.6 Å². The maximum absolute atomic E-state index is 12.3. The number of carbonyl (C=O) groups excluding carboxylic acids is 1. The molecule has 0 aromatic rings. The van der Waals surface area contributed by atoms with Crippen molar-refractivity contribution in [3.8, 4) is 0 Å². The number of carbonyl (C=O) groups is 1. The van der Waals surface area contributed by atoms with E-state index in [2.05, 4.69) is 24.4 Å². The van der Waals surface area contributed by atoms with E-state index in [0.717, 1.165) is 12.8 Å². The molecular weight excluding hydrogens is 393 g/mol. The van der Waals surface area contributed by atoms with E-state index < -0.39 is 19.5 Å². The molecule has 1 unspecified atom stereocenters. The van der Waals surface area contributed by atoms with E-state index in [4.69, 9.17) is 4.52 Å². The van der Waals surface area contributed by atoms with E-state index in [1.54, 1.807) is 6.66 Å². The lowest BCUT2D eigenvalue weighted by molar-refractivity contribution is -0.125. The van der Waals surface area contributed by atoms with E-state index in [0.29, 0.717) is 6.42 Å². The molecule has 0 saturated carbocycles. The van der Waals surface area contributed by atoms with Gasteiger partial charge in [-0.05, 0) is 59.8 Å². The molecule has 4 nitrogen and oxygen atoms in total. The van der Waals surface area contributed by atoms with Gasteiger partial charge in [0.15, 0.2) is 8.38 Å². The SMILES string of the molecule is CCCCCCCC/C=C/CCCCCCCC(=O)NC(C)(C)C(C)(C)OP(C)O. The van der Waals surface area contributed by atoms with Crippen molar-refractivity contribution in [2.45, 2.75) is 136 Å². The van der Waals surface area contributed by atoms with Crippen LogP contribution in [-0.2, 0) is 9.32 Å². The summed E-state index contributed by atoms with van der Waals surface area (Å²) in [6, 6.07) is 0. The van der Waals surface area contributed by atoms with Gasteiger partial charge in [-0.15, -0.1) is 0 Å². The molecule has 0 rings (SSSR count). The van der Waals surface area contributed by atoms with Gasteiger partial charge in [0.25, 0.3) is 0 Å². The molecule has 0 aliphatic heterocycles. The molecule has 0 spiro atoms. The first kappa shape index (κ1) is 29.6. The highest BCUT2D eigenvalue weighted by Crippen LogP contribution is 2.38. The number of rotatable bonds is 19. The molecule has 2 N–H and O–H groups in total. The molecule has 0 aliphatic carbocycles. The van der Waals surface area contributed by atoms with Gasteiger partial charge in [0.2, 0.25) is 5.91 Å². The first-order valence-electron chi connectivity index (χ1n) is 12.2. The van der Waals surface area contributed by atoms with Crippen LogP contribution >= 0.6 is 8.38 Å². The summed E-state index contributed by atoms with van der Waals surface area (Å²) in [6.07, 6.45) is 21.6. The molecule has 0 radical (unpaired) electrons. The summed E-state index contributed by atoms with van der Waals surface area (Å²) < 4.78 is 5.63. The summed E-state index contributed by atoms with van der Waals surface area (Å²) in [4.78, 5) is 21.9. The summed E-state index contributed by atoms with van der Waals surface area (Å²) in [5.74, 6) is 0.0627. The third kappa shape index (κ3) is 15.4. The standard InChI is InChI=1S/C25H50NO3P/c1-7-8-9-10-11-12-13-14-15-16-17-18-19-20-21-22-23(27)26-24(2,3)25(4,5)29-30(6)28/h14-15,28H,7-13,16-22H2,1-6H3,(H,26,27)/b15-14+.